The van der Waals surface area contributed by atoms with Crippen LogP contribution in [0.15, 0.2) is 50.9 Å². The number of ether oxygens (including phenoxy) is 1. The SMILES string of the molecule is CCN(CC)S(=O)(=O)c1cc([N+](=O)[O-])ccc1N/N=C/c1cc(Br)ccc1OC. The van der Waals surface area contributed by atoms with E-state index in [4.69, 9.17) is 4.74 Å². The van der Waals surface area contributed by atoms with Gasteiger partial charge < -0.3 is 4.74 Å². The molecule has 0 aliphatic carbocycles. The maximum absolute atomic E-state index is 13.0. The van der Waals surface area contributed by atoms with Gasteiger partial charge in [-0.05, 0) is 24.3 Å². The molecule has 29 heavy (non-hydrogen) atoms. The van der Waals surface area contributed by atoms with Gasteiger partial charge in [0, 0.05) is 35.3 Å². The van der Waals surface area contributed by atoms with E-state index in [0.29, 0.717) is 11.3 Å². The molecule has 0 aliphatic rings. The molecular formula is C18H21BrN4O5S. The smallest absolute Gasteiger partial charge is 0.270 e. The van der Waals surface area contributed by atoms with Crippen molar-refractivity contribution < 1.29 is 18.1 Å². The largest absolute Gasteiger partial charge is 0.496 e. The molecule has 0 saturated heterocycles. The van der Waals surface area contributed by atoms with Crippen LogP contribution in [0, 0.1) is 10.1 Å². The minimum Gasteiger partial charge on any atom is -0.496 e. The van der Waals surface area contributed by atoms with Crippen LogP contribution in [-0.2, 0) is 10.0 Å². The number of hydrogen-bond donors (Lipinski definition) is 1. The molecule has 0 aliphatic heterocycles. The fraction of sp³-hybridized carbons (Fsp3) is 0.278. The summed E-state index contributed by atoms with van der Waals surface area (Å²) in [6.45, 7) is 3.87. The third-order valence-corrected chi connectivity index (χ3v) is 6.66. The molecule has 0 spiro atoms. The van der Waals surface area contributed by atoms with Crippen LogP contribution in [0.4, 0.5) is 11.4 Å². The quantitative estimate of drug-likeness (QED) is 0.328. The van der Waals surface area contributed by atoms with E-state index in [0.717, 1.165) is 10.5 Å². The highest BCUT2D eigenvalue weighted by atomic mass is 79.9. The lowest BCUT2D eigenvalue weighted by molar-refractivity contribution is -0.385. The minimum atomic E-state index is -3.94. The average molecular weight is 485 g/mol. The lowest BCUT2D eigenvalue weighted by Gasteiger charge is -2.20. The van der Waals surface area contributed by atoms with Crippen LogP contribution in [0.5, 0.6) is 5.75 Å². The highest BCUT2D eigenvalue weighted by molar-refractivity contribution is 9.10. The summed E-state index contributed by atoms with van der Waals surface area (Å²) in [4.78, 5) is 10.3. The number of halogens is 1. The van der Waals surface area contributed by atoms with Crippen molar-refractivity contribution in [2.45, 2.75) is 18.7 Å². The Kier molecular flexibility index (Phi) is 7.71. The van der Waals surface area contributed by atoms with E-state index in [2.05, 4.69) is 26.5 Å². The molecule has 0 aromatic heterocycles. The van der Waals surface area contributed by atoms with E-state index >= 15 is 0 Å². The fourth-order valence-corrected chi connectivity index (χ4v) is 4.61. The van der Waals surface area contributed by atoms with Crippen LogP contribution in [0.25, 0.3) is 0 Å². The highest BCUT2D eigenvalue weighted by Gasteiger charge is 2.27. The molecule has 2 aromatic carbocycles. The van der Waals surface area contributed by atoms with Crippen molar-refractivity contribution in [2.24, 2.45) is 5.10 Å². The van der Waals surface area contributed by atoms with E-state index in [9.17, 15) is 18.5 Å². The van der Waals surface area contributed by atoms with E-state index in [1.54, 1.807) is 26.0 Å². The van der Waals surface area contributed by atoms with Crippen LogP contribution < -0.4 is 10.2 Å². The van der Waals surface area contributed by atoms with E-state index < -0.39 is 14.9 Å². The van der Waals surface area contributed by atoms with Gasteiger partial charge in [0.1, 0.15) is 10.6 Å². The summed E-state index contributed by atoms with van der Waals surface area (Å²) in [5, 5.41) is 15.2. The summed E-state index contributed by atoms with van der Waals surface area (Å²) in [6.07, 6.45) is 1.47. The standard InChI is InChI=1S/C18H21BrN4O5S/c1-4-22(5-2)29(26,27)18-11-15(23(24)25)7-8-16(18)21-20-12-13-10-14(19)6-9-17(13)28-3/h6-12,21H,4-5H2,1-3H3/b20-12+. The van der Waals surface area contributed by atoms with Crippen molar-refractivity contribution in [1.29, 1.82) is 0 Å². The molecule has 2 aromatic rings. The van der Waals surface area contributed by atoms with Crippen molar-refractivity contribution in [3.63, 3.8) is 0 Å². The number of sulfonamides is 1. The summed E-state index contributed by atoms with van der Waals surface area (Å²) in [5.41, 5.74) is 3.15. The molecule has 0 radical (unpaired) electrons. The van der Waals surface area contributed by atoms with Crippen LogP contribution in [0.1, 0.15) is 19.4 Å². The first-order valence-electron chi connectivity index (χ1n) is 8.65. The van der Waals surface area contributed by atoms with Gasteiger partial charge in [0.25, 0.3) is 5.69 Å². The maximum Gasteiger partial charge on any atom is 0.270 e. The first-order valence-corrected chi connectivity index (χ1v) is 10.9. The molecule has 0 saturated carbocycles. The van der Waals surface area contributed by atoms with E-state index in [-0.39, 0.29) is 29.4 Å². The summed E-state index contributed by atoms with van der Waals surface area (Å²) in [7, 11) is -2.42. The molecular weight excluding hydrogens is 464 g/mol. The molecule has 0 atom stereocenters. The van der Waals surface area contributed by atoms with Crippen LogP contribution in [-0.4, -0.2) is 44.1 Å². The molecule has 0 unspecified atom stereocenters. The fourth-order valence-electron chi connectivity index (χ4n) is 2.61. The van der Waals surface area contributed by atoms with Crippen molar-refractivity contribution in [1.82, 2.24) is 4.31 Å². The van der Waals surface area contributed by atoms with Gasteiger partial charge in [0.15, 0.2) is 0 Å². The normalized spacial score (nSPS) is 11.8. The number of anilines is 1. The molecule has 9 nitrogen and oxygen atoms in total. The number of nitrogens with zero attached hydrogens (tertiary/aromatic N) is 3. The highest BCUT2D eigenvalue weighted by Crippen LogP contribution is 2.29. The molecule has 11 heteroatoms. The molecule has 0 amide bonds. The Morgan fingerprint density at radius 3 is 2.52 bits per heavy atom. The average Bonchev–Trinajstić information content (AvgIpc) is 2.68. The van der Waals surface area contributed by atoms with Gasteiger partial charge in [-0.25, -0.2) is 8.42 Å². The Hall–Kier alpha value is -2.50. The number of nitro groups is 1. The molecule has 1 N–H and O–H groups in total. The number of benzene rings is 2. The molecule has 156 valence electrons. The molecule has 2 rings (SSSR count). The van der Waals surface area contributed by atoms with E-state index in [1.165, 1.54) is 29.8 Å². The first kappa shape index (κ1) is 22.8. The molecule has 0 bridgehead atoms. The second-order valence-corrected chi connectivity index (χ2v) is 8.61. The van der Waals surface area contributed by atoms with Gasteiger partial charge in [-0.3, -0.25) is 15.5 Å². The Bertz CT molecular complexity index is 1020. The summed E-state index contributed by atoms with van der Waals surface area (Å²) in [6, 6.07) is 8.93. The second kappa shape index (κ2) is 9.81. The van der Waals surface area contributed by atoms with Crippen molar-refractivity contribution in [2.75, 3.05) is 25.6 Å². The van der Waals surface area contributed by atoms with Crippen LogP contribution in [0.2, 0.25) is 0 Å². The minimum absolute atomic E-state index is 0.132. The number of rotatable bonds is 9. The summed E-state index contributed by atoms with van der Waals surface area (Å²) < 4.78 is 33.2. The lowest BCUT2D eigenvalue weighted by Crippen LogP contribution is -2.31. The van der Waals surface area contributed by atoms with Crippen molar-refractivity contribution in [3.05, 3.63) is 56.5 Å². The second-order valence-electron chi connectivity index (χ2n) is 5.78. The summed E-state index contributed by atoms with van der Waals surface area (Å²) >= 11 is 3.37. The molecule has 0 fully saturated rings. The zero-order valence-electron chi connectivity index (χ0n) is 16.1. The predicted octanol–water partition coefficient (Wildman–Crippen LogP) is 3.84. The first-order chi connectivity index (χ1) is 13.7. The van der Waals surface area contributed by atoms with Gasteiger partial charge in [-0.15, -0.1) is 0 Å². The van der Waals surface area contributed by atoms with Gasteiger partial charge in [-0.1, -0.05) is 29.8 Å². The Morgan fingerprint density at radius 1 is 1.24 bits per heavy atom. The van der Waals surface area contributed by atoms with Gasteiger partial charge in [0.2, 0.25) is 10.0 Å². The monoisotopic (exact) mass is 484 g/mol. The number of non-ortho nitro benzene ring substituents is 1. The number of nitro benzene ring substituents is 1. The predicted molar refractivity (Wildman–Crippen MR) is 115 cm³/mol. The topological polar surface area (TPSA) is 114 Å². The Labute approximate surface area is 177 Å². The van der Waals surface area contributed by atoms with Gasteiger partial charge >= 0.3 is 0 Å². The zero-order valence-corrected chi connectivity index (χ0v) is 18.5. The third-order valence-electron chi connectivity index (χ3n) is 4.08. The van der Waals surface area contributed by atoms with Gasteiger partial charge in [-0.2, -0.15) is 9.41 Å². The number of nitrogens with one attached hydrogen (secondary N) is 1. The van der Waals surface area contributed by atoms with Crippen LogP contribution in [0.3, 0.4) is 0 Å². The number of hydrogen-bond acceptors (Lipinski definition) is 7. The Morgan fingerprint density at radius 2 is 1.93 bits per heavy atom. The Balaban J connectivity index is 2.45. The third kappa shape index (κ3) is 5.31. The zero-order chi connectivity index (χ0) is 21.6. The molecule has 0 heterocycles. The van der Waals surface area contributed by atoms with Crippen molar-refractivity contribution in [3.8, 4) is 5.75 Å². The lowest BCUT2D eigenvalue weighted by atomic mass is 10.2. The van der Waals surface area contributed by atoms with E-state index in [1.807, 2.05) is 6.07 Å². The summed E-state index contributed by atoms with van der Waals surface area (Å²) in [5.74, 6) is 0.582. The maximum atomic E-state index is 13.0. The number of hydrazone groups is 1. The van der Waals surface area contributed by atoms with Crippen LogP contribution >= 0.6 is 15.9 Å². The van der Waals surface area contributed by atoms with Crippen molar-refractivity contribution >= 4 is 43.5 Å². The van der Waals surface area contributed by atoms with Gasteiger partial charge in [0.05, 0.1) is 23.9 Å². The number of methoxy groups -OCH3 is 1.